The van der Waals surface area contributed by atoms with E-state index in [2.05, 4.69) is 158 Å². The standard InChI is InChI=1S/C49H29N5S2/c1-2-6-30(7-3-1)33-18-23-51-46(28-33)53-43-13-10-32(26-40(43)37-12-15-45-39(49(37)53)20-25-56-45)34-27-41(31-16-21-50-22-17-31)52-47(29-34)54-42-9-5-4-8-35(42)36-11-14-44-38(48(36)54)19-24-55-44/h1-29H. The van der Waals surface area contributed by atoms with Gasteiger partial charge in [0.2, 0.25) is 0 Å². The molecule has 0 saturated heterocycles. The normalized spacial score (nSPS) is 11.9. The van der Waals surface area contributed by atoms with E-state index >= 15 is 0 Å². The summed E-state index contributed by atoms with van der Waals surface area (Å²) in [6, 6.07) is 52.4. The van der Waals surface area contributed by atoms with Crippen LogP contribution in [0.15, 0.2) is 175 Å². The number of para-hydroxylation sites is 1. The van der Waals surface area contributed by atoms with Crippen LogP contribution in [0.5, 0.6) is 0 Å². The molecule has 0 aliphatic heterocycles. The first-order chi connectivity index (χ1) is 27.8. The van der Waals surface area contributed by atoms with Crippen molar-refractivity contribution in [1.82, 2.24) is 24.1 Å². The maximum Gasteiger partial charge on any atom is 0.138 e. The molecule has 7 heterocycles. The van der Waals surface area contributed by atoms with Gasteiger partial charge in [0.1, 0.15) is 11.6 Å². The Morgan fingerprint density at radius 2 is 1.04 bits per heavy atom. The first kappa shape index (κ1) is 31.4. The minimum Gasteiger partial charge on any atom is -0.293 e. The molecule has 7 heteroatoms. The Labute approximate surface area is 329 Å². The number of thiophene rings is 2. The first-order valence-electron chi connectivity index (χ1n) is 18.6. The van der Waals surface area contributed by atoms with E-state index in [1.165, 1.54) is 58.3 Å². The number of benzene rings is 5. The van der Waals surface area contributed by atoms with Crippen LogP contribution in [0.25, 0.3) is 109 Å². The smallest absolute Gasteiger partial charge is 0.138 e. The lowest BCUT2D eigenvalue weighted by Gasteiger charge is -2.14. The maximum atomic E-state index is 5.41. The van der Waals surface area contributed by atoms with Crippen molar-refractivity contribution < 1.29 is 0 Å². The predicted octanol–water partition coefficient (Wildman–Crippen LogP) is 13.5. The van der Waals surface area contributed by atoms with Gasteiger partial charge in [-0.05, 0) is 112 Å². The summed E-state index contributed by atoms with van der Waals surface area (Å²) >= 11 is 3.54. The van der Waals surface area contributed by atoms with Crippen LogP contribution in [0, 0.1) is 0 Å². The Kier molecular flexibility index (Phi) is 6.90. The van der Waals surface area contributed by atoms with E-state index in [1.807, 2.05) is 30.7 Å². The Hall–Kier alpha value is -6.93. The molecule has 0 bridgehead atoms. The summed E-state index contributed by atoms with van der Waals surface area (Å²) in [5.74, 6) is 1.78. The van der Waals surface area contributed by atoms with E-state index in [-0.39, 0.29) is 0 Å². The van der Waals surface area contributed by atoms with Gasteiger partial charge in [0.25, 0.3) is 0 Å². The van der Waals surface area contributed by atoms with E-state index < -0.39 is 0 Å². The third-order valence-electron chi connectivity index (χ3n) is 11.1. The third kappa shape index (κ3) is 4.75. The van der Waals surface area contributed by atoms with Gasteiger partial charge in [-0.25, -0.2) is 9.97 Å². The highest BCUT2D eigenvalue weighted by Gasteiger charge is 2.21. The van der Waals surface area contributed by atoms with Crippen molar-refractivity contribution in [1.29, 1.82) is 0 Å². The van der Waals surface area contributed by atoms with Crippen molar-refractivity contribution in [3.8, 4) is 45.1 Å². The van der Waals surface area contributed by atoms with Gasteiger partial charge in [-0.1, -0.05) is 66.7 Å². The Balaban J connectivity index is 1.12. The lowest BCUT2D eigenvalue weighted by atomic mass is 10.0. The number of rotatable bonds is 5. The van der Waals surface area contributed by atoms with Crippen LogP contribution in [0.3, 0.4) is 0 Å². The van der Waals surface area contributed by atoms with Crippen molar-refractivity contribution in [3.05, 3.63) is 175 Å². The molecule has 0 atom stereocenters. The molecule has 7 aromatic heterocycles. The van der Waals surface area contributed by atoms with Crippen LogP contribution in [0.1, 0.15) is 0 Å². The zero-order valence-corrected chi connectivity index (χ0v) is 31.4. The molecule has 0 N–H and O–H groups in total. The fourth-order valence-electron chi connectivity index (χ4n) is 8.53. The van der Waals surface area contributed by atoms with E-state index in [1.54, 1.807) is 22.7 Å². The Bertz CT molecular complexity index is 3480. The highest BCUT2D eigenvalue weighted by molar-refractivity contribution is 7.17. The van der Waals surface area contributed by atoms with Crippen molar-refractivity contribution in [2.24, 2.45) is 0 Å². The molecule has 262 valence electrons. The van der Waals surface area contributed by atoms with Crippen LogP contribution in [0.4, 0.5) is 0 Å². The van der Waals surface area contributed by atoms with Crippen molar-refractivity contribution in [2.45, 2.75) is 0 Å². The van der Waals surface area contributed by atoms with Gasteiger partial charge >= 0.3 is 0 Å². The van der Waals surface area contributed by atoms with E-state index in [0.717, 1.165) is 50.6 Å². The molecule has 5 aromatic carbocycles. The fraction of sp³-hybridized carbons (Fsp3) is 0. The minimum absolute atomic E-state index is 0.878. The van der Waals surface area contributed by atoms with Gasteiger partial charge in [-0.15, -0.1) is 22.7 Å². The number of hydrogen-bond donors (Lipinski definition) is 0. The van der Waals surface area contributed by atoms with Crippen LogP contribution < -0.4 is 0 Å². The van der Waals surface area contributed by atoms with Gasteiger partial charge in [0.05, 0.1) is 27.8 Å². The van der Waals surface area contributed by atoms with Gasteiger partial charge < -0.3 is 0 Å². The summed E-state index contributed by atoms with van der Waals surface area (Å²) in [5.41, 5.74) is 11.0. The van der Waals surface area contributed by atoms with Gasteiger partial charge in [-0.3, -0.25) is 14.1 Å². The predicted molar refractivity (Wildman–Crippen MR) is 236 cm³/mol. The second kappa shape index (κ2) is 12.3. The molecule has 5 nitrogen and oxygen atoms in total. The highest BCUT2D eigenvalue weighted by atomic mass is 32.1. The molecule has 0 unspecified atom stereocenters. The van der Waals surface area contributed by atoms with Crippen molar-refractivity contribution in [3.63, 3.8) is 0 Å². The topological polar surface area (TPSA) is 48.5 Å². The number of pyridine rings is 3. The largest absolute Gasteiger partial charge is 0.293 e. The lowest BCUT2D eigenvalue weighted by molar-refractivity contribution is 1.08. The average Bonchev–Trinajstić information content (AvgIpc) is 4.07. The van der Waals surface area contributed by atoms with Crippen molar-refractivity contribution in [2.75, 3.05) is 0 Å². The molecule has 0 fully saturated rings. The molecule has 0 spiro atoms. The second-order valence-electron chi connectivity index (χ2n) is 14.1. The molecule has 0 amide bonds. The van der Waals surface area contributed by atoms with E-state index in [0.29, 0.717) is 0 Å². The third-order valence-corrected chi connectivity index (χ3v) is 12.8. The number of aromatic nitrogens is 5. The summed E-state index contributed by atoms with van der Waals surface area (Å²) < 4.78 is 7.22. The fourth-order valence-corrected chi connectivity index (χ4v) is 10.1. The summed E-state index contributed by atoms with van der Waals surface area (Å²) in [6.45, 7) is 0. The lowest BCUT2D eigenvalue weighted by Crippen LogP contribution is -2.00. The van der Waals surface area contributed by atoms with Crippen LogP contribution in [-0.2, 0) is 0 Å². The van der Waals surface area contributed by atoms with Crippen LogP contribution in [-0.4, -0.2) is 24.1 Å². The number of nitrogens with zero attached hydrogens (tertiary/aromatic N) is 5. The first-order valence-corrected chi connectivity index (χ1v) is 20.3. The quantitative estimate of drug-likeness (QED) is 0.176. The Morgan fingerprint density at radius 3 is 1.82 bits per heavy atom. The van der Waals surface area contributed by atoms with Crippen LogP contribution >= 0.6 is 22.7 Å². The zero-order chi connectivity index (χ0) is 36.7. The SMILES string of the molecule is c1ccc(-c2ccnc(-n3c4ccc(-c5cc(-c6ccncc6)nc(-n6c7ccccc7c7ccc8sccc8c76)c5)cc4c4ccc5sccc5c43)c2)cc1. The van der Waals surface area contributed by atoms with Crippen molar-refractivity contribution >= 4 is 86.5 Å². The zero-order valence-electron chi connectivity index (χ0n) is 29.8. The maximum absolute atomic E-state index is 5.41. The van der Waals surface area contributed by atoms with Gasteiger partial charge in [0.15, 0.2) is 0 Å². The molecule has 12 aromatic rings. The summed E-state index contributed by atoms with van der Waals surface area (Å²) in [5, 5.41) is 11.7. The van der Waals surface area contributed by atoms with E-state index in [9.17, 15) is 0 Å². The molecular formula is C49H29N5S2. The number of fused-ring (bicyclic) bond motifs is 10. The van der Waals surface area contributed by atoms with Crippen LogP contribution in [0.2, 0.25) is 0 Å². The summed E-state index contributed by atoms with van der Waals surface area (Å²) in [6.07, 6.45) is 5.60. The summed E-state index contributed by atoms with van der Waals surface area (Å²) in [4.78, 5) is 14.7. The molecule has 56 heavy (non-hydrogen) atoms. The molecule has 0 radical (unpaired) electrons. The Morgan fingerprint density at radius 1 is 0.393 bits per heavy atom. The summed E-state index contributed by atoms with van der Waals surface area (Å²) in [7, 11) is 0. The molecule has 0 aliphatic carbocycles. The highest BCUT2D eigenvalue weighted by Crippen LogP contribution is 2.42. The molecular weight excluding hydrogens is 723 g/mol. The second-order valence-corrected chi connectivity index (χ2v) is 16.0. The molecule has 12 rings (SSSR count). The molecule has 0 saturated carbocycles. The molecule has 0 aliphatic rings. The monoisotopic (exact) mass is 751 g/mol. The average molecular weight is 752 g/mol. The van der Waals surface area contributed by atoms with E-state index in [4.69, 9.17) is 9.97 Å². The van der Waals surface area contributed by atoms with Gasteiger partial charge in [-0.2, -0.15) is 0 Å². The number of hydrogen-bond acceptors (Lipinski definition) is 5. The minimum atomic E-state index is 0.878. The van der Waals surface area contributed by atoms with Gasteiger partial charge in [0, 0.05) is 65.9 Å².